The Hall–Kier alpha value is -1.04. The number of nitrogens with zero attached hydrogens (tertiary/aromatic N) is 1. The number of aliphatic hydroxyl groups is 1. The second kappa shape index (κ2) is 5.15. The van der Waals surface area contributed by atoms with Crippen molar-refractivity contribution in [3.8, 4) is 0 Å². The van der Waals surface area contributed by atoms with Gasteiger partial charge in [0.15, 0.2) is 0 Å². The zero-order valence-corrected chi connectivity index (χ0v) is 12.4. The van der Waals surface area contributed by atoms with E-state index < -0.39 is 0 Å². The van der Waals surface area contributed by atoms with Crippen molar-refractivity contribution in [2.24, 2.45) is 0 Å². The Kier molecular flexibility index (Phi) is 3.52. The second-order valence-electron chi connectivity index (χ2n) is 4.67. The molecule has 1 aliphatic heterocycles. The number of fused-ring (bicyclic) bond motifs is 3. The first-order chi connectivity index (χ1) is 9.26. The number of aromatic nitrogens is 1. The minimum atomic E-state index is -0.0453. The molecule has 0 radical (unpaired) electrons. The highest BCUT2D eigenvalue weighted by Gasteiger charge is 2.30. The van der Waals surface area contributed by atoms with Gasteiger partial charge < -0.3 is 15.0 Å². The highest BCUT2D eigenvalue weighted by atomic mass is 32.2. The summed E-state index contributed by atoms with van der Waals surface area (Å²) in [6, 6.07) is 8.27. The molecule has 0 aliphatic carbocycles. The molecule has 1 aromatic carbocycles. The highest BCUT2D eigenvalue weighted by Crippen LogP contribution is 2.35. The molecule has 1 unspecified atom stereocenters. The van der Waals surface area contributed by atoms with Crippen molar-refractivity contribution in [1.82, 2.24) is 9.88 Å². The predicted octanol–water partition coefficient (Wildman–Crippen LogP) is 2.71. The molecule has 0 spiro atoms. The molecule has 100 valence electrons. The summed E-state index contributed by atoms with van der Waals surface area (Å²) >= 11 is 6.96. The second-order valence-corrected chi connectivity index (χ2v) is 6.11. The third kappa shape index (κ3) is 2.06. The van der Waals surface area contributed by atoms with Crippen LogP contribution in [-0.4, -0.2) is 38.7 Å². The van der Waals surface area contributed by atoms with Crippen LogP contribution in [0.5, 0.6) is 0 Å². The first-order valence-corrected chi connectivity index (χ1v) is 7.94. The normalized spacial score (nSPS) is 18.6. The molecule has 0 saturated heterocycles. The average Bonchev–Trinajstić information content (AvgIpc) is 2.84. The van der Waals surface area contributed by atoms with E-state index >= 15 is 0 Å². The van der Waals surface area contributed by atoms with Gasteiger partial charge in [-0.15, -0.1) is 11.8 Å². The number of benzene rings is 1. The molecule has 2 N–H and O–H groups in total. The topological polar surface area (TPSA) is 39.3 Å². The van der Waals surface area contributed by atoms with Gasteiger partial charge in [0.05, 0.1) is 12.6 Å². The summed E-state index contributed by atoms with van der Waals surface area (Å²) in [5.74, 6) is 0. The van der Waals surface area contributed by atoms with Crippen molar-refractivity contribution in [3.63, 3.8) is 0 Å². The number of H-pyrrole nitrogens is 1. The number of para-hydroxylation sites is 1. The Bertz CT molecular complexity index is 623. The van der Waals surface area contributed by atoms with Crippen LogP contribution < -0.4 is 0 Å². The molecule has 0 saturated carbocycles. The van der Waals surface area contributed by atoms with Gasteiger partial charge in [0.1, 0.15) is 4.32 Å². The van der Waals surface area contributed by atoms with E-state index in [1.165, 1.54) is 10.9 Å². The highest BCUT2D eigenvalue weighted by molar-refractivity contribution is 8.22. The standard InChI is InChI=1S/C14H16N2OS2/c1-19-14(18)16-7-6-10-9-4-2-3-5-11(9)15-13(10)12(16)8-17/h2-5,12,15,17H,6-8H2,1H3. The molecule has 2 heterocycles. The number of rotatable bonds is 1. The molecule has 1 atom stereocenters. The zero-order valence-electron chi connectivity index (χ0n) is 10.7. The average molecular weight is 292 g/mol. The number of thioether (sulfide) groups is 1. The summed E-state index contributed by atoms with van der Waals surface area (Å²) in [6.45, 7) is 0.959. The molecule has 1 aliphatic rings. The molecular weight excluding hydrogens is 276 g/mol. The van der Waals surface area contributed by atoms with Crippen molar-refractivity contribution in [2.45, 2.75) is 12.5 Å². The lowest BCUT2D eigenvalue weighted by molar-refractivity contribution is 0.175. The number of hydrogen-bond acceptors (Lipinski definition) is 3. The van der Waals surface area contributed by atoms with Gasteiger partial charge in [-0.3, -0.25) is 0 Å². The van der Waals surface area contributed by atoms with Crippen LogP contribution in [0.2, 0.25) is 0 Å². The molecule has 5 heteroatoms. The fraction of sp³-hybridized carbons (Fsp3) is 0.357. The van der Waals surface area contributed by atoms with Crippen LogP contribution in [0.25, 0.3) is 10.9 Å². The lowest BCUT2D eigenvalue weighted by atomic mass is 9.98. The SMILES string of the molecule is CSC(=S)N1CCc2c([nH]c3ccccc23)C1CO. The maximum atomic E-state index is 9.75. The van der Waals surface area contributed by atoms with Gasteiger partial charge in [0.25, 0.3) is 0 Å². The van der Waals surface area contributed by atoms with Crippen molar-refractivity contribution >= 4 is 39.2 Å². The summed E-state index contributed by atoms with van der Waals surface area (Å²) in [5.41, 5.74) is 3.59. The van der Waals surface area contributed by atoms with E-state index in [2.05, 4.69) is 28.1 Å². The molecule has 19 heavy (non-hydrogen) atoms. The monoisotopic (exact) mass is 292 g/mol. The minimum absolute atomic E-state index is 0.0453. The number of aromatic amines is 1. The maximum Gasteiger partial charge on any atom is 0.136 e. The third-order valence-corrected chi connectivity index (χ3v) is 5.06. The Morgan fingerprint density at radius 1 is 1.53 bits per heavy atom. The van der Waals surface area contributed by atoms with E-state index in [0.717, 1.165) is 28.5 Å². The Morgan fingerprint density at radius 2 is 2.32 bits per heavy atom. The van der Waals surface area contributed by atoms with Gasteiger partial charge in [0.2, 0.25) is 0 Å². The van der Waals surface area contributed by atoms with Crippen LogP contribution in [0, 0.1) is 0 Å². The van der Waals surface area contributed by atoms with Crippen molar-refractivity contribution in [1.29, 1.82) is 0 Å². The number of hydrogen-bond donors (Lipinski definition) is 2. The van der Waals surface area contributed by atoms with Crippen LogP contribution in [0.3, 0.4) is 0 Å². The predicted molar refractivity (Wildman–Crippen MR) is 84.6 cm³/mol. The van der Waals surface area contributed by atoms with Crippen LogP contribution in [0.1, 0.15) is 17.3 Å². The van der Waals surface area contributed by atoms with Gasteiger partial charge in [-0.1, -0.05) is 30.4 Å². The van der Waals surface area contributed by atoms with Gasteiger partial charge in [0, 0.05) is 23.1 Å². The van der Waals surface area contributed by atoms with Crippen LogP contribution in [-0.2, 0) is 6.42 Å². The number of nitrogens with one attached hydrogen (secondary N) is 1. The van der Waals surface area contributed by atoms with Crippen LogP contribution >= 0.6 is 24.0 Å². The third-order valence-electron chi connectivity index (χ3n) is 3.74. The summed E-state index contributed by atoms with van der Waals surface area (Å²) in [5, 5.41) is 11.0. The lowest BCUT2D eigenvalue weighted by Crippen LogP contribution is -2.39. The van der Waals surface area contributed by atoms with E-state index in [0.29, 0.717) is 0 Å². The summed E-state index contributed by atoms with van der Waals surface area (Å²) in [6.07, 6.45) is 2.95. The largest absolute Gasteiger partial charge is 0.394 e. The summed E-state index contributed by atoms with van der Waals surface area (Å²) in [4.78, 5) is 5.58. The molecule has 0 bridgehead atoms. The molecular formula is C14H16N2OS2. The zero-order chi connectivity index (χ0) is 13.4. The molecule has 0 fully saturated rings. The first-order valence-electron chi connectivity index (χ1n) is 6.31. The van der Waals surface area contributed by atoms with Crippen molar-refractivity contribution < 1.29 is 5.11 Å². The Morgan fingerprint density at radius 3 is 3.05 bits per heavy atom. The first kappa shape index (κ1) is 13.0. The fourth-order valence-corrected chi connectivity index (χ4v) is 3.52. The maximum absolute atomic E-state index is 9.75. The lowest BCUT2D eigenvalue weighted by Gasteiger charge is -2.36. The van der Waals surface area contributed by atoms with E-state index in [1.54, 1.807) is 11.8 Å². The van der Waals surface area contributed by atoms with E-state index in [4.69, 9.17) is 12.2 Å². The quantitative estimate of drug-likeness (QED) is 0.793. The van der Waals surface area contributed by atoms with Crippen LogP contribution in [0.15, 0.2) is 24.3 Å². The summed E-state index contributed by atoms with van der Waals surface area (Å²) in [7, 11) is 0. The molecule has 3 nitrogen and oxygen atoms in total. The van der Waals surface area contributed by atoms with Gasteiger partial charge in [-0.05, 0) is 24.3 Å². The molecule has 3 rings (SSSR count). The van der Waals surface area contributed by atoms with Gasteiger partial charge >= 0.3 is 0 Å². The van der Waals surface area contributed by atoms with Crippen molar-refractivity contribution in [2.75, 3.05) is 19.4 Å². The Balaban J connectivity index is 2.10. The summed E-state index contributed by atoms with van der Waals surface area (Å²) < 4.78 is 0.850. The van der Waals surface area contributed by atoms with E-state index in [9.17, 15) is 5.11 Å². The minimum Gasteiger partial charge on any atom is -0.394 e. The van der Waals surface area contributed by atoms with Crippen molar-refractivity contribution in [3.05, 3.63) is 35.5 Å². The molecule has 1 aromatic heterocycles. The smallest absolute Gasteiger partial charge is 0.136 e. The van der Waals surface area contributed by atoms with Gasteiger partial charge in [-0.25, -0.2) is 0 Å². The number of aliphatic hydroxyl groups excluding tert-OH is 1. The molecule has 2 aromatic rings. The number of thiocarbonyl (C=S) groups is 1. The fourth-order valence-electron chi connectivity index (χ4n) is 2.84. The van der Waals surface area contributed by atoms with E-state index in [-0.39, 0.29) is 12.6 Å². The van der Waals surface area contributed by atoms with Gasteiger partial charge in [-0.2, -0.15) is 0 Å². The van der Waals surface area contributed by atoms with E-state index in [1.807, 2.05) is 12.3 Å². The molecule has 0 amide bonds. The Labute approximate surface area is 122 Å². The van der Waals surface area contributed by atoms with Crippen LogP contribution in [0.4, 0.5) is 0 Å².